The van der Waals surface area contributed by atoms with Crippen molar-refractivity contribution >= 4 is 21.6 Å². The number of carbonyl (C=O) groups is 1. The summed E-state index contributed by atoms with van der Waals surface area (Å²) in [4.78, 5) is 13.6. The predicted molar refractivity (Wildman–Crippen MR) is 121 cm³/mol. The SMILES string of the molecule is COCCN1CN(S(=O)(=O)c2cccc(C(F)(F)F)c2)c2cc(-c3cc(F)cc(F)c3)ccc2C1=O. The minimum atomic E-state index is -4.78. The van der Waals surface area contributed by atoms with Crippen LogP contribution in [0.5, 0.6) is 0 Å². The highest BCUT2D eigenvalue weighted by Crippen LogP contribution is 2.37. The van der Waals surface area contributed by atoms with Crippen LogP contribution in [0.2, 0.25) is 0 Å². The van der Waals surface area contributed by atoms with Gasteiger partial charge in [-0.25, -0.2) is 21.5 Å². The molecule has 1 aliphatic heterocycles. The maximum Gasteiger partial charge on any atom is 0.416 e. The zero-order valence-corrected chi connectivity index (χ0v) is 19.5. The van der Waals surface area contributed by atoms with Crippen LogP contribution >= 0.6 is 0 Å². The molecule has 0 radical (unpaired) electrons. The molecular formula is C24H19F5N2O4S. The molecule has 0 N–H and O–H groups in total. The van der Waals surface area contributed by atoms with Crippen LogP contribution in [0.15, 0.2) is 65.6 Å². The molecule has 0 unspecified atom stereocenters. The first-order chi connectivity index (χ1) is 16.9. The first-order valence-electron chi connectivity index (χ1n) is 10.5. The van der Waals surface area contributed by atoms with E-state index in [-0.39, 0.29) is 35.5 Å². The van der Waals surface area contributed by atoms with Crippen LogP contribution < -0.4 is 4.31 Å². The topological polar surface area (TPSA) is 66.9 Å². The number of halogens is 5. The number of anilines is 1. The minimum Gasteiger partial charge on any atom is -0.383 e. The second-order valence-electron chi connectivity index (χ2n) is 7.97. The summed E-state index contributed by atoms with van der Waals surface area (Å²) >= 11 is 0. The number of alkyl halides is 3. The van der Waals surface area contributed by atoms with Gasteiger partial charge in [0.2, 0.25) is 0 Å². The van der Waals surface area contributed by atoms with Gasteiger partial charge in [-0.15, -0.1) is 0 Å². The summed E-state index contributed by atoms with van der Waals surface area (Å²) in [7, 11) is -3.21. The molecular weight excluding hydrogens is 507 g/mol. The van der Waals surface area contributed by atoms with E-state index in [1.807, 2.05) is 0 Å². The van der Waals surface area contributed by atoms with E-state index in [9.17, 15) is 35.2 Å². The van der Waals surface area contributed by atoms with E-state index in [0.29, 0.717) is 12.1 Å². The first-order valence-corrected chi connectivity index (χ1v) is 11.9. The van der Waals surface area contributed by atoms with Gasteiger partial charge < -0.3 is 9.64 Å². The van der Waals surface area contributed by atoms with Gasteiger partial charge in [-0.3, -0.25) is 4.79 Å². The normalized spacial score (nSPS) is 14.2. The molecule has 0 saturated heterocycles. The average molecular weight is 526 g/mol. The average Bonchev–Trinajstić information content (AvgIpc) is 2.82. The van der Waals surface area contributed by atoms with Gasteiger partial charge >= 0.3 is 6.18 Å². The van der Waals surface area contributed by atoms with E-state index in [0.717, 1.165) is 34.6 Å². The van der Waals surface area contributed by atoms with Crippen LogP contribution in [-0.2, 0) is 20.9 Å². The maximum absolute atomic E-state index is 13.8. The Bertz CT molecular complexity index is 1410. The Morgan fingerprint density at radius 3 is 2.28 bits per heavy atom. The van der Waals surface area contributed by atoms with Crippen LogP contribution in [0, 0.1) is 11.6 Å². The van der Waals surface area contributed by atoms with Crippen LogP contribution in [0.25, 0.3) is 11.1 Å². The van der Waals surface area contributed by atoms with E-state index < -0.39 is 50.9 Å². The van der Waals surface area contributed by atoms with E-state index in [1.54, 1.807) is 0 Å². The standard InChI is InChI=1S/C24H19F5N2O4S/c1-35-8-7-30-14-31(36(33,34)20-4-2-3-17(12-20)24(27,28)29)22-11-15(5-6-21(22)23(30)32)16-9-18(25)13-19(26)10-16/h2-6,9-13H,7-8,14H2,1H3. The van der Waals surface area contributed by atoms with E-state index in [4.69, 9.17) is 4.74 Å². The molecule has 190 valence electrons. The zero-order valence-electron chi connectivity index (χ0n) is 18.7. The molecule has 0 aliphatic carbocycles. The first kappa shape index (κ1) is 25.6. The van der Waals surface area contributed by atoms with Crippen molar-refractivity contribution in [1.29, 1.82) is 0 Å². The number of carbonyl (C=O) groups excluding carboxylic acids is 1. The molecule has 0 fully saturated rings. The Morgan fingerprint density at radius 2 is 1.64 bits per heavy atom. The van der Waals surface area contributed by atoms with Crippen molar-refractivity contribution < 1.29 is 39.9 Å². The highest BCUT2D eigenvalue weighted by molar-refractivity contribution is 7.92. The summed E-state index contributed by atoms with van der Waals surface area (Å²) in [6, 6.07) is 9.96. The van der Waals surface area contributed by atoms with Crippen molar-refractivity contribution in [2.24, 2.45) is 0 Å². The lowest BCUT2D eigenvalue weighted by molar-refractivity contribution is -0.137. The molecule has 3 aromatic carbocycles. The third-order valence-electron chi connectivity index (χ3n) is 5.59. The highest BCUT2D eigenvalue weighted by Gasteiger charge is 2.38. The molecule has 4 rings (SSSR count). The molecule has 3 aromatic rings. The molecule has 0 bridgehead atoms. The van der Waals surface area contributed by atoms with Crippen LogP contribution in [0.1, 0.15) is 15.9 Å². The van der Waals surface area contributed by atoms with E-state index in [2.05, 4.69) is 0 Å². The van der Waals surface area contributed by atoms with Crippen LogP contribution in [-0.4, -0.2) is 46.2 Å². The lowest BCUT2D eigenvalue weighted by Crippen LogP contribution is -2.50. The van der Waals surface area contributed by atoms with E-state index in [1.165, 1.54) is 30.2 Å². The summed E-state index contributed by atoms with van der Waals surface area (Å²) < 4.78 is 100. The number of fused-ring (bicyclic) bond motifs is 1. The van der Waals surface area contributed by atoms with Crippen molar-refractivity contribution in [3.05, 3.63) is 83.4 Å². The molecule has 6 nitrogen and oxygen atoms in total. The summed E-state index contributed by atoms with van der Waals surface area (Å²) in [6.07, 6.45) is -4.78. The van der Waals surface area contributed by atoms with Crippen LogP contribution in [0.3, 0.4) is 0 Å². The molecule has 12 heteroatoms. The Labute approximate surface area is 203 Å². The summed E-state index contributed by atoms with van der Waals surface area (Å²) in [5.41, 5.74) is -1.05. The van der Waals surface area contributed by atoms with Gasteiger partial charge in [0.1, 0.15) is 18.3 Å². The Morgan fingerprint density at radius 1 is 0.944 bits per heavy atom. The molecule has 0 saturated carbocycles. The smallest absolute Gasteiger partial charge is 0.383 e. The largest absolute Gasteiger partial charge is 0.416 e. The summed E-state index contributed by atoms with van der Waals surface area (Å²) in [6.45, 7) is -0.409. The highest BCUT2D eigenvalue weighted by atomic mass is 32.2. The molecule has 1 amide bonds. The number of sulfonamides is 1. The van der Waals surface area contributed by atoms with Gasteiger partial charge in [0.25, 0.3) is 15.9 Å². The quantitative estimate of drug-likeness (QED) is 0.429. The Balaban J connectivity index is 1.87. The van der Waals surface area contributed by atoms with Crippen molar-refractivity contribution in [3.63, 3.8) is 0 Å². The maximum atomic E-state index is 13.8. The lowest BCUT2D eigenvalue weighted by Gasteiger charge is -2.37. The number of nitrogens with zero attached hydrogens (tertiary/aromatic N) is 2. The minimum absolute atomic E-state index is 0.0141. The van der Waals surface area contributed by atoms with Gasteiger partial charge in [-0.1, -0.05) is 12.1 Å². The predicted octanol–water partition coefficient (Wildman–Crippen LogP) is 4.91. The monoisotopic (exact) mass is 526 g/mol. The van der Waals surface area contributed by atoms with Crippen molar-refractivity contribution in [3.8, 4) is 11.1 Å². The summed E-state index contributed by atoms with van der Waals surface area (Å²) in [5.74, 6) is -2.26. The number of amides is 1. The molecule has 36 heavy (non-hydrogen) atoms. The number of rotatable bonds is 6. The fraction of sp³-hybridized carbons (Fsp3) is 0.208. The zero-order chi connectivity index (χ0) is 26.3. The third-order valence-corrected chi connectivity index (χ3v) is 7.34. The third kappa shape index (κ3) is 4.91. The number of benzene rings is 3. The number of methoxy groups -OCH3 is 1. The van der Waals surface area contributed by atoms with Crippen LogP contribution in [0.4, 0.5) is 27.6 Å². The Hall–Kier alpha value is -3.51. The van der Waals surface area contributed by atoms with Gasteiger partial charge in [0.15, 0.2) is 0 Å². The number of ether oxygens (including phenoxy) is 1. The van der Waals surface area contributed by atoms with Gasteiger partial charge in [-0.2, -0.15) is 13.2 Å². The summed E-state index contributed by atoms with van der Waals surface area (Å²) in [5, 5.41) is 0. The van der Waals surface area contributed by atoms with Gasteiger partial charge in [-0.05, 0) is 53.6 Å². The van der Waals surface area contributed by atoms with Gasteiger partial charge in [0, 0.05) is 19.7 Å². The van der Waals surface area contributed by atoms with E-state index >= 15 is 0 Å². The van der Waals surface area contributed by atoms with Crippen molar-refractivity contribution in [2.45, 2.75) is 11.1 Å². The molecule has 0 atom stereocenters. The van der Waals surface area contributed by atoms with Crippen molar-refractivity contribution in [1.82, 2.24) is 4.90 Å². The van der Waals surface area contributed by atoms with Gasteiger partial charge in [0.05, 0.1) is 28.3 Å². The molecule has 0 spiro atoms. The fourth-order valence-corrected chi connectivity index (χ4v) is 5.31. The molecule has 1 aliphatic rings. The second kappa shape index (κ2) is 9.51. The van der Waals surface area contributed by atoms with Crippen molar-refractivity contribution in [2.75, 3.05) is 31.2 Å². The number of hydrogen-bond donors (Lipinski definition) is 0. The fourth-order valence-electron chi connectivity index (χ4n) is 3.82. The Kier molecular flexibility index (Phi) is 6.76. The molecule has 0 aromatic heterocycles. The second-order valence-corrected chi connectivity index (χ2v) is 9.83. The molecule has 1 heterocycles. The number of hydrogen-bond acceptors (Lipinski definition) is 4. The lowest BCUT2D eigenvalue weighted by atomic mass is 10.0.